The lowest BCUT2D eigenvalue weighted by Crippen LogP contribution is -2.16. The van der Waals surface area contributed by atoms with Crippen molar-refractivity contribution in [3.63, 3.8) is 0 Å². The van der Waals surface area contributed by atoms with Crippen LogP contribution in [0, 0.1) is 17.6 Å². The molecule has 0 bridgehead atoms. The highest BCUT2D eigenvalue weighted by molar-refractivity contribution is 5.67. The Morgan fingerprint density at radius 2 is 1.73 bits per heavy atom. The number of halogens is 2. The van der Waals surface area contributed by atoms with Crippen LogP contribution in [0.5, 0.6) is 0 Å². The minimum absolute atomic E-state index is 0.149. The van der Waals surface area contributed by atoms with E-state index in [1.165, 1.54) is 5.56 Å². The number of benzene rings is 2. The van der Waals surface area contributed by atoms with Crippen LogP contribution in [0.1, 0.15) is 43.6 Å². The molecular formula is C23H22F2N2O3. The van der Waals surface area contributed by atoms with Crippen molar-refractivity contribution in [1.82, 2.24) is 4.98 Å². The molecule has 7 heteroatoms. The molecule has 156 valence electrons. The molecule has 5 nitrogen and oxygen atoms in total. The van der Waals surface area contributed by atoms with Gasteiger partial charge in [-0.15, -0.1) is 0 Å². The van der Waals surface area contributed by atoms with Crippen molar-refractivity contribution in [2.24, 2.45) is 5.92 Å². The maximum Gasteiger partial charge on any atom is 0.303 e. The first-order valence-corrected chi connectivity index (χ1v) is 9.97. The summed E-state index contributed by atoms with van der Waals surface area (Å²) in [6, 6.07) is 11.3. The first-order valence-electron chi connectivity index (χ1n) is 9.97. The second-order valence-electron chi connectivity index (χ2n) is 7.75. The fourth-order valence-electron chi connectivity index (χ4n) is 4.08. The standard InChI is InChI=1S/C23H22F2N2O3/c24-18-10-19(25)12-20(11-18)27-23-26-13-21(30-23)17-7-5-16(6-8-17)15-3-1-14(2-4-15)9-22(28)29/h5-8,10-15H,1-4,9H2,(H,26,27)(H,28,29). The lowest BCUT2D eigenvalue weighted by Gasteiger charge is -2.28. The molecule has 0 unspecified atom stereocenters. The molecule has 3 aromatic rings. The number of oxazole rings is 1. The Morgan fingerprint density at radius 1 is 1.07 bits per heavy atom. The summed E-state index contributed by atoms with van der Waals surface area (Å²) in [5, 5.41) is 11.7. The number of carboxylic acid groups (broad SMARTS) is 1. The van der Waals surface area contributed by atoms with E-state index in [-0.39, 0.29) is 24.0 Å². The van der Waals surface area contributed by atoms with Crippen molar-refractivity contribution < 1.29 is 23.1 Å². The topological polar surface area (TPSA) is 75.4 Å². The largest absolute Gasteiger partial charge is 0.481 e. The molecule has 0 radical (unpaired) electrons. The fraction of sp³-hybridized carbons (Fsp3) is 0.304. The maximum atomic E-state index is 13.3. The van der Waals surface area contributed by atoms with E-state index in [0.29, 0.717) is 11.7 Å². The van der Waals surface area contributed by atoms with Crippen LogP contribution in [0.25, 0.3) is 11.3 Å². The summed E-state index contributed by atoms with van der Waals surface area (Å²) in [5.41, 5.74) is 2.31. The lowest BCUT2D eigenvalue weighted by molar-refractivity contribution is -0.138. The Hall–Kier alpha value is -3.22. The summed E-state index contributed by atoms with van der Waals surface area (Å²) in [4.78, 5) is 15.0. The second-order valence-corrected chi connectivity index (χ2v) is 7.75. The lowest BCUT2D eigenvalue weighted by atomic mass is 9.77. The van der Waals surface area contributed by atoms with Gasteiger partial charge in [0.2, 0.25) is 0 Å². The summed E-state index contributed by atoms with van der Waals surface area (Å²) in [5.74, 6) is -0.810. The Kier molecular flexibility index (Phi) is 5.79. The third kappa shape index (κ3) is 4.84. The summed E-state index contributed by atoms with van der Waals surface area (Å²) in [6.45, 7) is 0. The van der Waals surface area contributed by atoms with Gasteiger partial charge in [-0.2, -0.15) is 0 Å². The Balaban J connectivity index is 1.39. The molecule has 2 N–H and O–H groups in total. The van der Waals surface area contributed by atoms with Crippen LogP contribution < -0.4 is 5.32 Å². The minimum Gasteiger partial charge on any atom is -0.481 e. The van der Waals surface area contributed by atoms with Crippen molar-refractivity contribution in [2.45, 2.75) is 38.0 Å². The van der Waals surface area contributed by atoms with Crippen LogP contribution in [-0.4, -0.2) is 16.1 Å². The van der Waals surface area contributed by atoms with Crippen LogP contribution >= 0.6 is 0 Å². The first-order chi connectivity index (χ1) is 14.5. The molecule has 2 aromatic carbocycles. The number of nitrogens with one attached hydrogen (secondary N) is 1. The van der Waals surface area contributed by atoms with E-state index >= 15 is 0 Å². The van der Waals surface area contributed by atoms with Crippen LogP contribution in [0.4, 0.5) is 20.5 Å². The van der Waals surface area contributed by atoms with Crippen molar-refractivity contribution in [3.8, 4) is 11.3 Å². The number of aliphatic carboxylic acids is 1. The molecule has 0 amide bonds. The van der Waals surface area contributed by atoms with E-state index in [4.69, 9.17) is 9.52 Å². The molecule has 1 aliphatic rings. The van der Waals surface area contributed by atoms with Crippen molar-refractivity contribution in [1.29, 1.82) is 0 Å². The first kappa shape index (κ1) is 20.1. The van der Waals surface area contributed by atoms with Gasteiger partial charge in [0, 0.05) is 23.7 Å². The van der Waals surface area contributed by atoms with E-state index in [1.807, 2.05) is 12.1 Å². The number of nitrogens with zero attached hydrogens (tertiary/aromatic N) is 1. The van der Waals surface area contributed by atoms with Crippen LogP contribution in [0.15, 0.2) is 53.1 Å². The van der Waals surface area contributed by atoms with Crippen LogP contribution in [-0.2, 0) is 4.79 Å². The van der Waals surface area contributed by atoms with Gasteiger partial charge in [0.05, 0.1) is 6.20 Å². The average Bonchev–Trinajstić information content (AvgIpc) is 3.16. The van der Waals surface area contributed by atoms with Gasteiger partial charge in [-0.25, -0.2) is 13.8 Å². The average molecular weight is 412 g/mol. The van der Waals surface area contributed by atoms with Gasteiger partial charge < -0.3 is 14.8 Å². The number of carboxylic acids is 1. The molecule has 1 aromatic heterocycles. The zero-order valence-electron chi connectivity index (χ0n) is 16.3. The molecule has 4 rings (SSSR count). The quantitative estimate of drug-likeness (QED) is 0.511. The number of hydrogen-bond donors (Lipinski definition) is 2. The zero-order valence-corrected chi connectivity index (χ0v) is 16.3. The third-order valence-corrected chi connectivity index (χ3v) is 5.60. The molecule has 1 saturated carbocycles. The highest BCUT2D eigenvalue weighted by atomic mass is 19.1. The summed E-state index contributed by atoms with van der Waals surface area (Å²) in [6.07, 6.45) is 5.70. The second kappa shape index (κ2) is 8.65. The van der Waals surface area contributed by atoms with E-state index < -0.39 is 17.6 Å². The summed E-state index contributed by atoms with van der Waals surface area (Å²) < 4.78 is 32.3. The fourth-order valence-corrected chi connectivity index (χ4v) is 4.08. The van der Waals surface area contributed by atoms with Gasteiger partial charge in [0.1, 0.15) is 11.6 Å². The van der Waals surface area contributed by atoms with Crippen molar-refractivity contribution >= 4 is 17.7 Å². The van der Waals surface area contributed by atoms with Crippen molar-refractivity contribution in [2.75, 3.05) is 5.32 Å². The number of carbonyl (C=O) groups is 1. The summed E-state index contributed by atoms with van der Waals surface area (Å²) >= 11 is 0. The number of aromatic nitrogens is 1. The molecule has 0 saturated heterocycles. The molecule has 1 fully saturated rings. The molecular weight excluding hydrogens is 390 g/mol. The zero-order chi connectivity index (χ0) is 21.1. The Morgan fingerprint density at radius 3 is 2.37 bits per heavy atom. The van der Waals surface area contributed by atoms with Gasteiger partial charge in [-0.05, 0) is 55.2 Å². The normalized spacial score (nSPS) is 18.9. The minimum atomic E-state index is -0.716. The number of hydrogen-bond acceptors (Lipinski definition) is 4. The van der Waals surface area contributed by atoms with Crippen LogP contribution in [0.2, 0.25) is 0 Å². The van der Waals surface area contributed by atoms with Gasteiger partial charge in [-0.1, -0.05) is 24.3 Å². The van der Waals surface area contributed by atoms with E-state index in [2.05, 4.69) is 22.4 Å². The highest BCUT2D eigenvalue weighted by Crippen LogP contribution is 2.37. The maximum absolute atomic E-state index is 13.3. The predicted octanol–water partition coefficient (Wildman–Crippen LogP) is 6.11. The molecule has 0 aliphatic heterocycles. The predicted molar refractivity (Wildman–Crippen MR) is 109 cm³/mol. The molecule has 1 heterocycles. The number of anilines is 2. The monoisotopic (exact) mass is 412 g/mol. The SMILES string of the molecule is O=C(O)CC1CCC(c2ccc(-c3cnc(Nc4cc(F)cc(F)c4)o3)cc2)CC1. The number of rotatable bonds is 6. The van der Waals surface area contributed by atoms with Gasteiger partial charge in [0.25, 0.3) is 6.01 Å². The van der Waals surface area contributed by atoms with E-state index in [0.717, 1.165) is 49.4 Å². The van der Waals surface area contributed by atoms with Gasteiger partial charge in [0.15, 0.2) is 5.76 Å². The smallest absolute Gasteiger partial charge is 0.303 e. The van der Waals surface area contributed by atoms with Crippen LogP contribution in [0.3, 0.4) is 0 Å². The highest BCUT2D eigenvalue weighted by Gasteiger charge is 2.24. The molecule has 30 heavy (non-hydrogen) atoms. The molecule has 1 aliphatic carbocycles. The Bertz CT molecular complexity index is 1000. The van der Waals surface area contributed by atoms with Gasteiger partial charge >= 0.3 is 5.97 Å². The summed E-state index contributed by atoms with van der Waals surface area (Å²) in [7, 11) is 0. The third-order valence-electron chi connectivity index (χ3n) is 5.60. The van der Waals surface area contributed by atoms with Gasteiger partial charge in [-0.3, -0.25) is 4.79 Å². The molecule has 0 atom stereocenters. The Labute approximate surface area is 172 Å². The van der Waals surface area contributed by atoms with Crippen molar-refractivity contribution in [3.05, 3.63) is 65.9 Å². The van der Waals surface area contributed by atoms with E-state index in [1.54, 1.807) is 6.20 Å². The van der Waals surface area contributed by atoms with E-state index in [9.17, 15) is 13.6 Å². The molecule has 0 spiro atoms.